The van der Waals surface area contributed by atoms with Gasteiger partial charge in [0.1, 0.15) is 6.07 Å². The Morgan fingerprint density at radius 3 is 2.42 bits per heavy atom. The van der Waals surface area contributed by atoms with Gasteiger partial charge in [0.05, 0.1) is 17.7 Å². The van der Waals surface area contributed by atoms with Gasteiger partial charge in [-0.2, -0.15) is 5.26 Å². The number of anilines is 3. The van der Waals surface area contributed by atoms with Gasteiger partial charge in [0.15, 0.2) is 11.6 Å². The number of aromatic nitrogens is 2. The largest absolute Gasteiger partial charge is 0.338 e. The molecule has 128 valence electrons. The summed E-state index contributed by atoms with van der Waals surface area (Å²) in [6.07, 6.45) is 0.282. The van der Waals surface area contributed by atoms with E-state index in [0.29, 0.717) is 22.9 Å². The Labute approximate surface area is 151 Å². The predicted molar refractivity (Wildman–Crippen MR) is 100.0 cm³/mol. The van der Waals surface area contributed by atoms with Crippen LogP contribution in [0, 0.1) is 18.3 Å². The van der Waals surface area contributed by atoms with E-state index in [1.807, 2.05) is 37.3 Å². The third-order valence-electron chi connectivity index (χ3n) is 3.85. The highest BCUT2D eigenvalue weighted by Gasteiger charge is 2.08. The van der Waals surface area contributed by atoms with Crippen molar-refractivity contribution in [1.82, 2.24) is 10.2 Å². The third-order valence-corrected chi connectivity index (χ3v) is 3.85. The van der Waals surface area contributed by atoms with Crippen LogP contribution in [0.4, 0.5) is 17.3 Å². The van der Waals surface area contributed by atoms with Gasteiger partial charge in [0.25, 0.3) is 0 Å². The lowest BCUT2D eigenvalue weighted by atomic mass is 10.1. The molecule has 0 spiro atoms. The average molecular weight is 343 g/mol. The standard InChI is InChI=1S/C20H17N5O/c1-14-6-2-3-7-15(14)12-20(26)23-19-11-10-18(24-25-19)22-17-9-5-4-8-16(17)13-21/h2-11H,12H2,1H3,(H,22,24)(H,23,25,26). The summed E-state index contributed by atoms with van der Waals surface area (Å²) in [7, 11) is 0. The van der Waals surface area contributed by atoms with E-state index in [-0.39, 0.29) is 12.3 Å². The van der Waals surface area contributed by atoms with E-state index in [2.05, 4.69) is 26.9 Å². The van der Waals surface area contributed by atoms with Crippen molar-refractivity contribution in [3.63, 3.8) is 0 Å². The molecule has 3 aromatic rings. The zero-order chi connectivity index (χ0) is 18.4. The minimum Gasteiger partial charge on any atom is -0.338 e. The molecule has 0 bridgehead atoms. The fourth-order valence-corrected chi connectivity index (χ4v) is 2.46. The van der Waals surface area contributed by atoms with Gasteiger partial charge in [0, 0.05) is 0 Å². The number of amides is 1. The normalized spacial score (nSPS) is 10.0. The number of para-hydroxylation sites is 1. The highest BCUT2D eigenvalue weighted by atomic mass is 16.1. The van der Waals surface area contributed by atoms with Gasteiger partial charge in [-0.15, -0.1) is 10.2 Å². The highest BCUT2D eigenvalue weighted by Crippen LogP contribution is 2.19. The lowest BCUT2D eigenvalue weighted by Gasteiger charge is -2.08. The number of nitriles is 1. The van der Waals surface area contributed by atoms with Gasteiger partial charge in [-0.3, -0.25) is 4.79 Å². The Hall–Kier alpha value is -3.72. The summed E-state index contributed by atoms with van der Waals surface area (Å²) < 4.78 is 0. The lowest BCUT2D eigenvalue weighted by molar-refractivity contribution is -0.115. The molecule has 0 saturated carbocycles. The van der Waals surface area contributed by atoms with Gasteiger partial charge in [0.2, 0.25) is 5.91 Å². The van der Waals surface area contributed by atoms with Crippen molar-refractivity contribution < 1.29 is 4.79 Å². The fraction of sp³-hybridized carbons (Fsp3) is 0.100. The molecule has 0 aliphatic rings. The molecule has 6 nitrogen and oxygen atoms in total. The summed E-state index contributed by atoms with van der Waals surface area (Å²) in [5, 5.41) is 22.9. The van der Waals surface area contributed by atoms with Gasteiger partial charge < -0.3 is 10.6 Å². The van der Waals surface area contributed by atoms with E-state index in [9.17, 15) is 4.79 Å². The number of carbonyl (C=O) groups excluding carboxylic acids is 1. The summed E-state index contributed by atoms with van der Waals surface area (Å²) in [5.74, 6) is 0.719. The van der Waals surface area contributed by atoms with Crippen LogP contribution >= 0.6 is 0 Å². The second kappa shape index (κ2) is 7.90. The van der Waals surface area contributed by atoms with Crippen LogP contribution in [0.25, 0.3) is 0 Å². The molecule has 3 rings (SSSR count). The van der Waals surface area contributed by atoms with Crippen LogP contribution in [0.2, 0.25) is 0 Å². The number of aryl methyl sites for hydroxylation is 1. The molecule has 0 saturated heterocycles. The van der Waals surface area contributed by atoms with Crippen LogP contribution in [0.5, 0.6) is 0 Å². The van der Waals surface area contributed by atoms with E-state index in [1.54, 1.807) is 30.3 Å². The monoisotopic (exact) mass is 343 g/mol. The molecule has 1 aromatic heterocycles. The minimum absolute atomic E-state index is 0.149. The Morgan fingerprint density at radius 2 is 1.69 bits per heavy atom. The first-order valence-corrected chi connectivity index (χ1v) is 8.10. The zero-order valence-electron chi connectivity index (χ0n) is 14.2. The average Bonchev–Trinajstić information content (AvgIpc) is 2.66. The van der Waals surface area contributed by atoms with Crippen molar-refractivity contribution in [2.75, 3.05) is 10.6 Å². The molecule has 0 aliphatic carbocycles. The van der Waals surface area contributed by atoms with E-state index in [0.717, 1.165) is 11.1 Å². The molecule has 0 atom stereocenters. The summed E-state index contributed by atoms with van der Waals surface area (Å²) in [5.41, 5.74) is 3.22. The van der Waals surface area contributed by atoms with E-state index >= 15 is 0 Å². The zero-order valence-corrected chi connectivity index (χ0v) is 14.2. The van der Waals surface area contributed by atoms with Crippen molar-refractivity contribution in [3.05, 3.63) is 77.4 Å². The molecule has 1 heterocycles. The van der Waals surface area contributed by atoms with Crippen LogP contribution < -0.4 is 10.6 Å². The van der Waals surface area contributed by atoms with Gasteiger partial charge in [-0.25, -0.2) is 0 Å². The molecule has 0 radical (unpaired) electrons. The van der Waals surface area contributed by atoms with E-state index in [1.165, 1.54) is 0 Å². The Balaban J connectivity index is 1.63. The van der Waals surface area contributed by atoms with Gasteiger partial charge >= 0.3 is 0 Å². The van der Waals surface area contributed by atoms with Crippen molar-refractivity contribution in [1.29, 1.82) is 5.26 Å². The fourth-order valence-electron chi connectivity index (χ4n) is 2.46. The smallest absolute Gasteiger partial charge is 0.230 e. The molecule has 6 heteroatoms. The first-order chi connectivity index (χ1) is 12.7. The van der Waals surface area contributed by atoms with Crippen molar-refractivity contribution in [3.8, 4) is 6.07 Å². The maximum absolute atomic E-state index is 12.2. The number of carbonyl (C=O) groups is 1. The molecule has 0 fully saturated rings. The summed E-state index contributed by atoms with van der Waals surface area (Å²) in [6, 6.07) is 20.4. The van der Waals surface area contributed by atoms with E-state index < -0.39 is 0 Å². The van der Waals surface area contributed by atoms with Crippen LogP contribution in [-0.4, -0.2) is 16.1 Å². The molecule has 2 aromatic carbocycles. The van der Waals surface area contributed by atoms with Gasteiger partial charge in [-0.1, -0.05) is 36.4 Å². The second-order valence-corrected chi connectivity index (χ2v) is 5.74. The first kappa shape index (κ1) is 17.1. The first-order valence-electron chi connectivity index (χ1n) is 8.10. The molecular weight excluding hydrogens is 326 g/mol. The number of benzene rings is 2. The molecule has 1 amide bonds. The predicted octanol–water partition coefficient (Wildman–Crippen LogP) is 3.58. The highest BCUT2D eigenvalue weighted by molar-refractivity contribution is 5.91. The number of nitrogens with one attached hydrogen (secondary N) is 2. The Bertz CT molecular complexity index is 960. The van der Waals surface area contributed by atoms with E-state index in [4.69, 9.17) is 5.26 Å². The van der Waals surface area contributed by atoms with Crippen LogP contribution in [-0.2, 0) is 11.2 Å². The Morgan fingerprint density at radius 1 is 1.00 bits per heavy atom. The maximum Gasteiger partial charge on any atom is 0.230 e. The van der Waals surface area contributed by atoms with Crippen molar-refractivity contribution >= 4 is 23.2 Å². The quantitative estimate of drug-likeness (QED) is 0.739. The SMILES string of the molecule is Cc1ccccc1CC(=O)Nc1ccc(Nc2ccccc2C#N)nn1. The van der Waals surface area contributed by atoms with Crippen molar-refractivity contribution in [2.45, 2.75) is 13.3 Å². The minimum atomic E-state index is -0.149. The second-order valence-electron chi connectivity index (χ2n) is 5.74. The molecule has 0 aliphatic heterocycles. The topological polar surface area (TPSA) is 90.7 Å². The number of nitrogens with zero attached hydrogens (tertiary/aromatic N) is 3. The Kier molecular flexibility index (Phi) is 5.20. The van der Waals surface area contributed by atoms with Crippen molar-refractivity contribution in [2.24, 2.45) is 0 Å². The van der Waals surface area contributed by atoms with Gasteiger partial charge in [-0.05, 0) is 42.3 Å². The molecule has 2 N–H and O–H groups in total. The molecular formula is C20H17N5O. The lowest BCUT2D eigenvalue weighted by Crippen LogP contribution is -2.16. The number of rotatable bonds is 5. The number of hydrogen-bond acceptors (Lipinski definition) is 5. The summed E-state index contributed by atoms with van der Waals surface area (Å²) >= 11 is 0. The van der Waals surface area contributed by atoms with Crippen LogP contribution in [0.15, 0.2) is 60.7 Å². The summed E-state index contributed by atoms with van der Waals surface area (Å²) in [4.78, 5) is 12.2. The third kappa shape index (κ3) is 4.22. The summed E-state index contributed by atoms with van der Waals surface area (Å²) in [6.45, 7) is 1.97. The van der Waals surface area contributed by atoms with Crippen LogP contribution in [0.1, 0.15) is 16.7 Å². The maximum atomic E-state index is 12.2. The molecule has 26 heavy (non-hydrogen) atoms. The molecule has 0 unspecified atom stereocenters. The number of hydrogen-bond donors (Lipinski definition) is 2. The van der Waals surface area contributed by atoms with Crippen LogP contribution in [0.3, 0.4) is 0 Å².